The van der Waals surface area contributed by atoms with Gasteiger partial charge in [-0.15, -0.1) is 0 Å². The Morgan fingerprint density at radius 1 is 1.04 bits per heavy atom. The molecule has 2 N–H and O–H groups in total. The summed E-state index contributed by atoms with van der Waals surface area (Å²) >= 11 is 0. The van der Waals surface area contributed by atoms with Crippen LogP contribution in [0.4, 0.5) is 0 Å². The molecule has 0 aromatic carbocycles. The van der Waals surface area contributed by atoms with Crippen molar-refractivity contribution < 1.29 is 53.5 Å². The van der Waals surface area contributed by atoms with E-state index >= 15 is 0 Å². The molecule has 0 aliphatic rings. The van der Waals surface area contributed by atoms with Crippen LogP contribution in [0.5, 0.6) is 0 Å². The third kappa shape index (κ3) is 23.0. The largest absolute Gasteiger partial charge is 1.00 e. The molecule has 0 saturated carbocycles. The quantitative estimate of drug-likeness (QED) is 0.208. The number of phosphoric ester groups is 1. The third-order valence-electron chi connectivity index (χ3n) is 4.14. The van der Waals surface area contributed by atoms with Gasteiger partial charge in [0.2, 0.25) is 0 Å². The number of phosphoric acid groups is 1. The maximum absolute atomic E-state index is 10.4. The fourth-order valence-corrected chi connectivity index (χ4v) is 3.03. The molecule has 0 fully saturated rings. The molecule has 0 heterocycles. The fourth-order valence-electron chi connectivity index (χ4n) is 2.72. The molecule has 25 heavy (non-hydrogen) atoms. The maximum Gasteiger partial charge on any atom is 1.00 e. The van der Waals surface area contributed by atoms with Gasteiger partial charge in [-0.2, -0.15) is 0 Å². The molecule has 6 nitrogen and oxygen atoms in total. The molecular weight excluding hydrogens is 352 g/mol. The van der Waals surface area contributed by atoms with Crippen LogP contribution in [0.25, 0.3) is 0 Å². The Kier molecular flexibility index (Phi) is 20.8. The van der Waals surface area contributed by atoms with Gasteiger partial charge in [0, 0.05) is 13.1 Å². The Hall–Kier alpha value is 1.03. The number of hydrogen-bond donors (Lipinski definition) is 2. The molecule has 2 atom stereocenters. The maximum atomic E-state index is 10.4. The Balaban J connectivity index is 0. The predicted octanol–water partition coefficient (Wildman–Crippen LogP) is 0.0714. The van der Waals surface area contributed by atoms with Gasteiger partial charge in [-0.25, -0.2) is 0 Å². The van der Waals surface area contributed by atoms with Crippen LogP contribution >= 0.6 is 7.82 Å². The normalized spacial score (nSPS) is 15.0. The van der Waals surface area contributed by atoms with Crippen molar-refractivity contribution in [2.24, 2.45) is 0 Å². The van der Waals surface area contributed by atoms with Crippen molar-refractivity contribution in [3.05, 3.63) is 0 Å². The minimum Gasteiger partial charge on any atom is -0.756 e. The summed E-state index contributed by atoms with van der Waals surface area (Å²) in [5.41, 5.74) is 0. The van der Waals surface area contributed by atoms with Crippen LogP contribution in [-0.4, -0.2) is 47.7 Å². The standard InChI is InChI=1S/C17H38NO5P.Na/c1-3-4-5-6-7-8-9-10-11-12-13-17(19)16-18(2)14-15-23-24(20,21)22;/h17,19H,3-16H2,1-2H3,(H2,20,21,22);/q;+1/p-1. The number of aliphatic hydroxyl groups excluding tert-OH is 1. The first-order valence-corrected chi connectivity index (χ1v) is 10.9. The first-order valence-electron chi connectivity index (χ1n) is 9.40. The fraction of sp³-hybridized carbons (Fsp3) is 1.00. The van der Waals surface area contributed by atoms with Gasteiger partial charge in [0.25, 0.3) is 7.82 Å². The van der Waals surface area contributed by atoms with E-state index in [0.717, 1.165) is 19.3 Å². The summed E-state index contributed by atoms with van der Waals surface area (Å²) in [6, 6.07) is 0. The van der Waals surface area contributed by atoms with Crippen LogP contribution in [0.1, 0.15) is 77.6 Å². The number of nitrogens with zero attached hydrogens (tertiary/aromatic N) is 1. The third-order valence-corrected chi connectivity index (χ3v) is 4.65. The first kappa shape index (κ1) is 28.2. The van der Waals surface area contributed by atoms with Gasteiger partial charge < -0.3 is 24.3 Å². The summed E-state index contributed by atoms with van der Waals surface area (Å²) in [7, 11) is -2.84. The minimum atomic E-state index is -4.63. The summed E-state index contributed by atoms with van der Waals surface area (Å²) in [6.07, 6.45) is 13.1. The topological polar surface area (TPSA) is 93.1 Å². The van der Waals surface area contributed by atoms with Gasteiger partial charge in [-0.3, -0.25) is 4.57 Å². The van der Waals surface area contributed by atoms with Gasteiger partial charge in [-0.1, -0.05) is 71.1 Å². The second-order valence-electron chi connectivity index (χ2n) is 6.69. The van der Waals surface area contributed by atoms with Gasteiger partial charge in [-0.05, 0) is 13.5 Å². The van der Waals surface area contributed by atoms with Crippen LogP contribution < -0.4 is 34.5 Å². The molecule has 0 spiro atoms. The van der Waals surface area contributed by atoms with E-state index in [4.69, 9.17) is 4.89 Å². The number of aliphatic hydroxyl groups is 1. The average molecular weight is 389 g/mol. The van der Waals surface area contributed by atoms with E-state index in [2.05, 4.69) is 11.4 Å². The Labute approximate surface area is 176 Å². The first-order chi connectivity index (χ1) is 11.3. The minimum absolute atomic E-state index is 0. The molecule has 0 aliphatic carbocycles. The average Bonchev–Trinajstić information content (AvgIpc) is 2.47. The number of rotatable bonds is 17. The van der Waals surface area contributed by atoms with E-state index in [1.165, 1.54) is 51.4 Å². The molecule has 8 heteroatoms. The molecular formula is C17H37NNaO5P. The predicted molar refractivity (Wildman–Crippen MR) is 95.7 cm³/mol. The second kappa shape index (κ2) is 18.4. The SMILES string of the molecule is CCCCCCCCCCCCC(O)CN(C)CCOP(=O)([O-])O.[Na+]. The van der Waals surface area contributed by atoms with E-state index < -0.39 is 13.9 Å². The molecule has 0 saturated heterocycles. The van der Waals surface area contributed by atoms with Gasteiger partial charge >= 0.3 is 29.6 Å². The van der Waals surface area contributed by atoms with Crippen molar-refractivity contribution in [1.82, 2.24) is 4.90 Å². The smallest absolute Gasteiger partial charge is 0.756 e. The van der Waals surface area contributed by atoms with Crippen LogP contribution in [-0.2, 0) is 9.09 Å². The zero-order valence-electron chi connectivity index (χ0n) is 16.5. The van der Waals surface area contributed by atoms with E-state index in [1.54, 1.807) is 11.9 Å². The molecule has 0 amide bonds. The van der Waals surface area contributed by atoms with Crippen molar-refractivity contribution in [2.45, 2.75) is 83.7 Å². The van der Waals surface area contributed by atoms with E-state index in [0.29, 0.717) is 13.1 Å². The molecule has 0 rings (SSSR count). The summed E-state index contributed by atoms with van der Waals surface area (Å²) in [6.45, 7) is 2.97. The molecule has 0 radical (unpaired) electrons. The van der Waals surface area contributed by atoms with Crippen LogP contribution in [0, 0.1) is 0 Å². The zero-order chi connectivity index (χ0) is 18.3. The second-order valence-corrected chi connectivity index (χ2v) is 7.88. The zero-order valence-corrected chi connectivity index (χ0v) is 19.4. The van der Waals surface area contributed by atoms with Crippen LogP contribution in [0.15, 0.2) is 0 Å². The number of unbranched alkanes of at least 4 members (excludes halogenated alkanes) is 9. The number of hydrogen-bond acceptors (Lipinski definition) is 5. The van der Waals surface area contributed by atoms with Crippen molar-refractivity contribution in [1.29, 1.82) is 0 Å². The molecule has 2 unspecified atom stereocenters. The van der Waals surface area contributed by atoms with E-state index in [1.807, 2.05) is 0 Å². The van der Waals surface area contributed by atoms with Crippen molar-refractivity contribution in [3.63, 3.8) is 0 Å². The Morgan fingerprint density at radius 3 is 2.00 bits per heavy atom. The van der Waals surface area contributed by atoms with Crippen molar-refractivity contribution in [2.75, 3.05) is 26.7 Å². The van der Waals surface area contributed by atoms with Gasteiger partial charge in [0.15, 0.2) is 0 Å². The van der Waals surface area contributed by atoms with Crippen molar-refractivity contribution >= 4 is 7.82 Å². The summed E-state index contributed by atoms with van der Waals surface area (Å²) in [5.74, 6) is 0. The Bertz CT molecular complexity index is 330. The molecule has 0 aromatic rings. The van der Waals surface area contributed by atoms with Crippen molar-refractivity contribution in [3.8, 4) is 0 Å². The summed E-state index contributed by atoms with van der Waals surface area (Å²) in [5, 5.41) is 9.95. The van der Waals surface area contributed by atoms with Crippen LogP contribution in [0.3, 0.4) is 0 Å². The summed E-state index contributed by atoms with van der Waals surface area (Å²) in [4.78, 5) is 20.7. The molecule has 0 bridgehead atoms. The van der Waals surface area contributed by atoms with E-state index in [9.17, 15) is 14.6 Å². The Morgan fingerprint density at radius 2 is 1.52 bits per heavy atom. The monoisotopic (exact) mass is 389 g/mol. The number of likely N-dealkylation sites (N-methyl/N-ethyl adjacent to an activating group) is 1. The van der Waals surface area contributed by atoms with Gasteiger partial charge in [0.05, 0.1) is 12.7 Å². The summed E-state index contributed by atoms with van der Waals surface area (Å²) < 4.78 is 14.7. The van der Waals surface area contributed by atoms with Crippen LogP contribution in [0.2, 0.25) is 0 Å². The molecule has 0 aromatic heterocycles. The molecule has 0 aliphatic heterocycles. The van der Waals surface area contributed by atoms with E-state index in [-0.39, 0.29) is 36.2 Å². The molecule has 146 valence electrons. The van der Waals surface area contributed by atoms with Gasteiger partial charge in [0.1, 0.15) is 0 Å².